The summed E-state index contributed by atoms with van der Waals surface area (Å²) in [5.41, 5.74) is 1.71. The van der Waals surface area contributed by atoms with Gasteiger partial charge < -0.3 is 5.32 Å². The first kappa shape index (κ1) is 11.8. The molecule has 2 aromatic heterocycles. The Bertz CT molecular complexity index is 488. The van der Waals surface area contributed by atoms with Crippen LogP contribution in [0.25, 0.3) is 11.5 Å². The van der Waals surface area contributed by atoms with Crippen molar-refractivity contribution in [2.24, 2.45) is 0 Å². The zero-order chi connectivity index (χ0) is 12.3. The lowest BCUT2D eigenvalue weighted by molar-refractivity contribution is 0.998. The molecular weight excluding hydrogens is 236 g/mol. The van der Waals surface area contributed by atoms with Crippen LogP contribution in [-0.4, -0.2) is 22.0 Å². The first-order valence-electron chi connectivity index (χ1n) is 5.40. The molecule has 0 unspecified atom stereocenters. The van der Waals surface area contributed by atoms with Crippen molar-refractivity contribution in [2.45, 2.75) is 13.3 Å². The minimum Gasteiger partial charge on any atom is -0.373 e. The summed E-state index contributed by atoms with van der Waals surface area (Å²) in [6.45, 7) is 2.06. The largest absolute Gasteiger partial charge is 0.373 e. The maximum atomic E-state index is 5.80. The average Bonchev–Trinajstić information content (AvgIpc) is 2.39. The van der Waals surface area contributed by atoms with E-state index in [-0.39, 0.29) is 0 Å². The molecule has 1 N–H and O–H groups in total. The van der Waals surface area contributed by atoms with Crippen molar-refractivity contribution in [2.75, 3.05) is 12.4 Å². The zero-order valence-corrected chi connectivity index (χ0v) is 10.5. The molecule has 4 nitrogen and oxygen atoms in total. The number of aryl methyl sites for hydroxylation is 1. The van der Waals surface area contributed by atoms with Gasteiger partial charge in [-0.15, -0.1) is 0 Å². The molecule has 0 spiro atoms. The Morgan fingerprint density at radius 2 is 2.12 bits per heavy atom. The highest BCUT2D eigenvalue weighted by molar-refractivity contribution is 6.30. The number of rotatable bonds is 3. The second kappa shape index (κ2) is 5.10. The standard InChI is InChI=1S/C12H13ClN4/c1-3-9-6-11(14-2)17-12(16-9)10-5-4-8(13)7-15-10/h4-7H,3H2,1-2H3,(H,14,16,17). The van der Waals surface area contributed by atoms with Crippen LogP contribution in [0, 0.1) is 0 Å². The average molecular weight is 249 g/mol. The Kier molecular flexibility index (Phi) is 3.54. The number of nitrogens with one attached hydrogen (secondary N) is 1. The van der Waals surface area contributed by atoms with Gasteiger partial charge in [-0.25, -0.2) is 9.97 Å². The molecule has 17 heavy (non-hydrogen) atoms. The van der Waals surface area contributed by atoms with Crippen LogP contribution in [0.4, 0.5) is 5.82 Å². The van der Waals surface area contributed by atoms with E-state index < -0.39 is 0 Å². The molecule has 0 fully saturated rings. The molecule has 0 saturated carbocycles. The van der Waals surface area contributed by atoms with Crippen molar-refractivity contribution >= 4 is 17.4 Å². The van der Waals surface area contributed by atoms with Crippen LogP contribution >= 0.6 is 11.6 Å². The normalized spacial score (nSPS) is 10.3. The third-order valence-electron chi connectivity index (χ3n) is 2.35. The van der Waals surface area contributed by atoms with Crippen LogP contribution in [0.3, 0.4) is 0 Å². The van der Waals surface area contributed by atoms with Crippen molar-refractivity contribution in [3.05, 3.63) is 35.1 Å². The summed E-state index contributed by atoms with van der Waals surface area (Å²) >= 11 is 5.80. The first-order valence-corrected chi connectivity index (χ1v) is 5.78. The number of pyridine rings is 1. The molecule has 2 aromatic rings. The van der Waals surface area contributed by atoms with E-state index in [4.69, 9.17) is 11.6 Å². The molecule has 0 radical (unpaired) electrons. The highest BCUT2D eigenvalue weighted by atomic mass is 35.5. The highest BCUT2D eigenvalue weighted by Crippen LogP contribution is 2.17. The van der Waals surface area contributed by atoms with Crippen LogP contribution in [0.5, 0.6) is 0 Å². The monoisotopic (exact) mass is 248 g/mol. The maximum absolute atomic E-state index is 5.80. The topological polar surface area (TPSA) is 50.7 Å². The van der Waals surface area contributed by atoms with Gasteiger partial charge in [0.05, 0.1) is 5.02 Å². The number of aromatic nitrogens is 3. The molecule has 0 aliphatic carbocycles. The van der Waals surface area contributed by atoms with Crippen LogP contribution in [0.15, 0.2) is 24.4 Å². The highest BCUT2D eigenvalue weighted by Gasteiger charge is 2.06. The summed E-state index contributed by atoms with van der Waals surface area (Å²) in [5, 5.41) is 3.62. The van der Waals surface area contributed by atoms with Gasteiger partial charge in [-0.1, -0.05) is 18.5 Å². The van der Waals surface area contributed by atoms with Gasteiger partial charge in [0.15, 0.2) is 5.82 Å². The molecule has 0 amide bonds. The molecular formula is C12H13ClN4. The van der Waals surface area contributed by atoms with E-state index >= 15 is 0 Å². The molecule has 88 valence electrons. The van der Waals surface area contributed by atoms with E-state index in [0.29, 0.717) is 10.8 Å². The van der Waals surface area contributed by atoms with Gasteiger partial charge >= 0.3 is 0 Å². The van der Waals surface area contributed by atoms with E-state index in [0.717, 1.165) is 23.6 Å². The van der Waals surface area contributed by atoms with Crippen LogP contribution in [0.2, 0.25) is 5.02 Å². The summed E-state index contributed by atoms with van der Waals surface area (Å²) in [7, 11) is 1.83. The Morgan fingerprint density at radius 1 is 1.29 bits per heavy atom. The second-order valence-electron chi connectivity index (χ2n) is 3.53. The van der Waals surface area contributed by atoms with E-state index in [2.05, 4.69) is 27.2 Å². The third-order valence-corrected chi connectivity index (χ3v) is 2.58. The molecule has 0 aliphatic rings. The maximum Gasteiger partial charge on any atom is 0.180 e. The quantitative estimate of drug-likeness (QED) is 0.908. The molecule has 0 aromatic carbocycles. The predicted molar refractivity (Wildman–Crippen MR) is 69.2 cm³/mol. The Labute approximate surface area is 105 Å². The Hall–Kier alpha value is -1.68. The van der Waals surface area contributed by atoms with Gasteiger partial charge in [-0.2, -0.15) is 0 Å². The van der Waals surface area contributed by atoms with Gasteiger partial charge in [-0.05, 0) is 18.6 Å². The smallest absolute Gasteiger partial charge is 0.180 e. The summed E-state index contributed by atoms with van der Waals surface area (Å²) in [4.78, 5) is 13.0. The minimum absolute atomic E-state index is 0.606. The van der Waals surface area contributed by atoms with Gasteiger partial charge in [0.25, 0.3) is 0 Å². The first-order chi connectivity index (χ1) is 8.22. The van der Waals surface area contributed by atoms with Crippen molar-refractivity contribution in [3.8, 4) is 11.5 Å². The number of anilines is 1. The summed E-state index contributed by atoms with van der Waals surface area (Å²) in [5.74, 6) is 1.41. The minimum atomic E-state index is 0.606. The summed E-state index contributed by atoms with van der Waals surface area (Å²) < 4.78 is 0. The van der Waals surface area contributed by atoms with E-state index in [1.165, 1.54) is 0 Å². The van der Waals surface area contributed by atoms with E-state index in [1.54, 1.807) is 12.3 Å². The van der Waals surface area contributed by atoms with E-state index in [1.807, 2.05) is 19.2 Å². The van der Waals surface area contributed by atoms with Gasteiger partial charge in [0, 0.05) is 25.0 Å². The summed E-state index contributed by atoms with van der Waals surface area (Å²) in [6.07, 6.45) is 2.45. The van der Waals surface area contributed by atoms with Crippen LogP contribution in [0.1, 0.15) is 12.6 Å². The molecule has 5 heteroatoms. The fourth-order valence-corrected chi connectivity index (χ4v) is 1.54. The fraction of sp³-hybridized carbons (Fsp3) is 0.250. The van der Waals surface area contributed by atoms with Gasteiger partial charge in [0.2, 0.25) is 0 Å². The van der Waals surface area contributed by atoms with E-state index in [9.17, 15) is 0 Å². The second-order valence-corrected chi connectivity index (χ2v) is 3.97. The fourth-order valence-electron chi connectivity index (χ4n) is 1.43. The molecule has 0 saturated heterocycles. The Balaban J connectivity index is 2.46. The molecule has 0 bridgehead atoms. The summed E-state index contributed by atoms with van der Waals surface area (Å²) in [6, 6.07) is 5.53. The predicted octanol–water partition coefficient (Wildman–Crippen LogP) is 2.80. The molecule has 0 atom stereocenters. The van der Waals surface area contributed by atoms with Gasteiger partial charge in [-0.3, -0.25) is 4.98 Å². The van der Waals surface area contributed by atoms with Crippen molar-refractivity contribution in [1.29, 1.82) is 0 Å². The number of hydrogen-bond donors (Lipinski definition) is 1. The van der Waals surface area contributed by atoms with Crippen molar-refractivity contribution in [1.82, 2.24) is 15.0 Å². The number of halogens is 1. The lowest BCUT2D eigenvalue weighted by Gasteiger charge is -2.06. The molecule has 2 heterocycles. The SMILES string of the molecule is CCc1cc(NC)nc(-c2ccc(Cl)cn2)n1. The van der Waals surface area contributed by atoms with Crippen molar-refractivity contribution < 1.29 is 0 Å². The van der Waals surface area contributed by atoms with Crippen LogP contribution in [-0.2, 0) is 6.42 Å². The Morgan fingerprint density at radius 3 is 2.71 bits per heavy atom. The zero-order valence-electron chi connectivity index (χ0n) is 9.74. The lowest BCUT2D eigenvalue weighted by atomic mass is 10.3. The molecule has 2 rings (SSSR count). The molecule has 0 aliphatic heterocycles. The third kappa shape index (κ3) is 2.71. The number of hydrogen-bond acceptors (Lipinski definition) is 4. The number of nitrogens with zero attached hydrogens (tertiary/aromatic N) is 3. The van der Waals surface area contributed by atoms with Crippen LogP contribution < -0.4 is 5.32 Å². The lowest BCUT2D eigenvalue weighted by Crippen LogP contribution is -2.01. The van der Waals surface area contributed by atoms with Gasteiger partial charge in [0.1, 0.15) is 11.5 Å². The van der Waals surface area contributed by atoms with Crippen molar-refractivity contribution in [3.63, 3.8) is 0 Å².